The number of benzene rings is 2. The van der Waals surface area contributed by atoms with E-state index in [-0.39, 0.29) is 10.8 Å². The summed E-state index contributed by atoms with van der Waals surface area (Å²) in [6, 6.07) is 12.6. The fourth-order valence-electron chi connectivity index (χ4n) is 7.04. The van der Waals surface area contributed by atoms with Crippen LogP contribution in [-0.4, -0.2) is 76.0 Å². The van der Waals surface area contributed by atoms with Gasteiger partial charge in [-0.05, 0) is 60.8 Å². The van der Waals surface area contributed by atoms with Crippen LogP contribution in [0.25, 0.3) is 10.9 Å². The zero-order valence-electron chi connectivity index (χ0n) is 28.6. The fourth-order valence-corrected chi connectivity index (χ4v) is 8.09. The summed E-state index contributed by atoms with van der Waals surface area (Å²) in [7, 11) is -1.85. The van der Waals surface area contributed by atoms with Crippen molar-refractivity contribution in [3.63, 3.8) is 0 Å². The third-order valence-corrected chi connectivity index (χ3v) is 15.5. The molecule has 2 aromatic carbocycles. The van der Waals surface area contributed by atoms with Crippen LogP contribution in [0.1, 0.15) is 92.2 Å². The van der Waals surface area contributed by atoms with Crippen LogP contribution >= 0.6 is 0 Å². The summed E-state index contributed by atoms with van der Waals surface area (Å²) in [4.78, 5) is 22.9. The van der Waals surface area contributed by atoms with E-state index >= 15 is 0 Å². The van der Waals surface area contributed by atoms with Gasteiger partial charge in [0.2, 0.25) is 0 Å². The number of nitriles is 1. The highest BCUT2D eigenvalue weighted by atomic mass is 28.4. The topological polar surface area (TPSA) is 81.6 Å². The number of aromatic nitrogens is 1. The third-order valence-electron chi connectivity index (χ3n) is 10.9. The number of ether oxygens (including phenoxy) is 1. The van der Waals surface area contributed by atoms with Crippen molar-refractivity contribution < 1.29 is 14.0 Å². The first-order chi connectivity index (χ1) is 21.8. The quantitative estimate of drug-likeness (QED) is 0.185. The molecule has 242 valence electrons. The lowest BCUT2D eigenvalue weighted by molar-refractivity contribution is 0.0115. The Labute approximate surface area is 275 Å². The zero-order chi connectivity index (χ0) is 32.9. The molecule has 3 aromatic rings. The Bertz CT molecular complexity index is 1750. The van der Waals surface area contributed by atoms with Crippen LogP contribution in [0.15, 0.2) is 30.3 Å². The van der Waals surface area contributed by atoms with E-state index in [4.69, 9.17) is 9.16 Å². The fraction of sp³-hybridized carbons (Fsp3) is 0.526. The number of hydrogen-bond donors (Lipinski definition) is 1. The van der Waals surface area contributed by atoms with Gasteiger partial charge in [-0.1, -0.05) is 52.5 Å². The summed E-state index contributed by atoms with van der Waals surface area (Å²) in [5.74, 6) is 6.93. The molecular formula is C38H48N4O3Si. The summed E-state index contributed by atoms with van der Waals surface area (Å²) in [5, 5.41) is 10.5. The van der Waals surface area contributed by atoms with E-state index in [0.717, 1.165) is 91.2 Å². The van der Waals surface area contributed by atoms with Crippen molar-refractivity contribution in [3.8, 4) is 17.9 Å². The minimum absolute atomic E-state index is 0.0159. The molecule has 1 aromatic heterocycles. The predicted octanol–water partition coefficient (Wildman–Crippen LogP) is 6.97. The van der Waals surface area contributed by atoms with Crippen molar-refractivity contribution in [1.82, 2.24) is 9.88 Å². The second-order valence-electron chi connectivity index (χ2n) is 15.1. The highest BCUT2D eigenvalue weighted by Gasteiger charge is 2.41. The van der Waals surface area contributed by atoms with Crippen LogP contribution in [0.2, 0.25) is 18.1 Å². The Morgan fingerprint density at radius 1 is 1.09 bits per heavy atom. The highest BCUT2D eigenvalue weighted by molar-refractivity contribution is 6.74. The SMILES string of the molecule is CC1(C)c2cc(N3CCC(N4CCOCC4)CC3)c(C#CCCO[Si](C)(C)C(C)(C)C)cc2C(=O)c2c1[nH]c1cc(C#N)ccc21. The van der Waals surface area contributed by atoms with Gasteiger partial charge in [0.05, 0.1) is 36.1 Å². The maximum absolute atomic E-state index is 14.3. The second kappa shape index (κ2) is 12.3. The molecule has 2 saturated heterocycles. The molecule has 2 fully saturated rings. The number of carbonyl (C=O) groups excluding carboxylic acids is 1. The van der Waals surface area contributed by atoms with Crippen molar-refractivity contribution in [1.29, 1.82) is 5.26 Å². The lowest BCUT2D eigenvalue weighted by Crippen LogP contribution is -2.49. The van der Waals surface area contributed by atoms with E-state index in [9.17, 15) is 10.1 Å². The molecule has 0 amide bonds. The number of nitrogens with zero attached hydrogens (tertiary/aromatic N) is 3. The van der Waals surface area contributed by atoms with Gasteiger partial charge in [0.15, 0.2) is 14.1 Å². The number of aromatic amines is 1. The molecule has 0 radical (unpaired) electrons. The summed E-state index contributed by atoms with van der Waals surface area (Å²) < 4.78 is 12.0. The highest BCUT2D eigenvalue weighted by Crippen LogP contribution is 2.46. The Hall–Kier alpha value is -3.40. The van der Waals surface area contributed by atoms with Gasteiger partial charge in [-0.3, -0.25) is 9.69 Å². The number of ketones is 1. The number of fused-ring (bicyclic) bond motifs is 4. The number of nitrogens with one attached hydrogen (secondary N) is 1. The molecular weight excluding hydrogens is 589 g/mol. The van der Waals surface area contributed by atoms with Gasteiger partial charge < -0.3 is 19.0 Å². The van der Waals surface area contributed by atoms with Gasteiger partial charge >= 0.3 is 0 Å². The molecule has 0 bridgehead atoms. The van der Waals surface area contributed by atoms with Crippen LogP contribution in [-0.2, 0) is 14.6 Å². The van der Waals surface area contributed by atoms with Crippen molar-refractivity contribution in [2.45, 2.75) is 83.5 Å². The van der Waals surface area contributed by atoms with Gasteiger partial charge in [-0.2, -0.15) is 5.26 Å². The average molecular weight is 637 g/mol. The number of H-pyrrole nitrogens is 1. The smallest absolute Gasteiger partial charge is 0.195 e. The van der Waals surface area contributed by atoms with E-state index in [1.54, 1.807) is 6.07 Å². The molecule has 8 heteroatoms. The van der Waals surface area contributed by atoms with E-state index in [1.165, 1.54) is 0 Å². The van der Waals surface area contributed by atoms with Crippen molar-refractivity contribution in [3.05, 3.63) is 63.8 Å². The Morgan fingerprint density at radius 2 is 1.80 bits per heavy atom. The number of piperidine rings is 1. The van der Waals surface area contributed by atoms with E-state index in [0.29, 0.717) is 30.2 Å². The first-order valence-electron chi connectivity index (χ1n) is 16.8. The van der Waals surface area contributed by atoms with Crippen LogP contribution in [0.3, 0.4) is 0 Å². The van der Waals surface area contributed by atoms with Gasteiger partial charge in [-0.25, -0.2) is 0 Å². The predicted molar refractivity (Wildman–Crippen MR) is 187 cm³/mol. The Kier molecular flexibility index (Phi) is 8.71. The summed E-state index contributed by atoms with van der Waals surface area (Å²) in [6.45, 7) is 21.9. The molecule has 46 heavy (non-hydrogen) atoms. The molecule has 0 atom stereocenters. The Balaban J connectivity index is 1.35. The van der Waals surface area contributed by atoms with Gasteiger partial charge in [0, 0.05) is 78.4 Å². The largest absolute Gasteiger partial charge is 0.416 e. The lowest BCUT2D eigenvalue weighted by Gasteiger charge is -2.41. The summed E-state index contributed by atoms with van der Waals surface area (Å²) in [6.07, 6.45) is 2.84. The van der Waals surface area contributed by atoms with Gasteiger partial charge in [0.25, 0.3) is 0 Å². The third kappa shape index (κ3) is 5.93. The molecule has 6 rings (SSSR count). The summed E-state index contributed by atoms with van der Waals surface area (Å²) in [5.41, 5.74) is 6.35. The van der Waals surface area contributed by atoms with Gasteiger partial charge in [-0.15, -0.1) is 0 Å². The molecule has 2 aliphatic heterocycles. The lowest BCUT2D eigenvalue weighted by atomic mass is 9.70. The average Bonchev–Trinajstić information content (AvgIpc) is 3.43. The molecule has 1 aliphatic carbocycles. The first-order valence-corrected chi connectivity index (χ1v) is 19.7. The standard InChI is InChI=1S/C38H48N4O3Si/c1-37(2,3)46(6,7)45-19-9-8-10-27-23-30-31(24-33(27)42-15-13-28(14-16-42)41-17-20-44-21-18-41)38(4,5)36-34(35(30)43)29-12-11-26(25-39)22-32(29)40-36/h11-12,22-24,28,40H,9,13-21H2,1-7H3. The second-order valence-corrected chi connectivity index (χ2v) is 20.0. The first kappa shape index (κ1) is 32.5. The van der Waals surface area contributed by atoms with E-state index in [1.807, 2.05) is 12.1 Å². The van der Waals surface area contributed by atoms with Crippen molar-refractivity contribution in [2.75, 3.05) is 50.9 Å². The molecule has 3 aliphatic rings. The molecule has 3 heterocycles. The van der Waals surface area contributed by atoms with Crippen molar-refractivity contribution in [2.24, 2.45) is 0 Å². The number of anilines is 1. The molecule has 0 saturated carbocycles. The number of hydrogen-bond acceptors (Lipinski definition) is 6. The van der Waals surface area contributed by atoms with Crippen LogP contribution < -0.4 is 4.90 Å². The maximum Gasteiger partial charge on any atom is 0.195 e. The van der Waals surface area contributed by atoms with Crippen LogP contribution in [0, 0.1) is 23.2 Å². The molecule has 0 spiro atoms. The molecule has 7 nitrogen and oxygen atoms in total. The monoisotopic (exact) mass is 636 g/mol. The van der Waals surface area contributed by atoms with Gasteiger partial charge in [0.1, 0.15) is 0 Å². The van der Waals surface area contributed by atoms with Crippen molar-refractivity contribution >= 4 is 30.7 Å². The summed E-state index contributed by atoms with van der Waals surface area (Å²) >= 11 is 0. The number of morpholine rings is 1. The Morgan fingerprint density at radius 3 is 2.48 bits per heavy atom. The molecule has 0 unspecified atom stereocenters. The maximum atomic E-state index is 14.3. The van der Waals surface area contributed by atoms with Crippen LogP contribution in [0.5, 0.6) is 0 Å². The minimum atomic E-state index is -1.85. The normalized spacial score (nSPS) is 18.9. The molecule has 1 N–H and O–H groups in total. The number of rotatable bonds is 5. The minimum Gasteiger partial charge on any atom is -0.416 e. The zero-order valence-corrected chi connectivity index (χ0v) is 29.6. The van der Waals surface area contributed by atoms with E-state index < -0.39 is 13.7 Å². The van der Waals surface area contributed by atoms with E-state index in [2.05, 4.69) is 92.5 Å². The number of carbonyl (C=O) groups is 1. The van der Waals surface area contributed by atoms with Crippen LogP contribution in [0.4, 0.5) is 5.69 Å².